The lowest BCUT2D eigenvalue weighted by Gasteiger charge is -2.33. The number of halogens is 1. The number of rotatable bonds is 3. The number of piperidine rings is 1. The fourth-order valence-corrected chi connectivity index (χ4v) is 4.02. The van der Waals surface area contributed by atoms with Crippen LogP contribution in [0, 0.1) is 5.92 Å². The fourth-order valence-electron chi connectivity index (χ4n) is 3.89. The molecular formula is C20H27ClN2O2. The summed E-state index contributed by atoms with van der Waals surface area (Å²) in [6.07, 6.45) is 8.88. The lowest BCUT2D eigenvalue weighted by molar-refractivity contribution is -0.127. The number of carbonyl (C=O) groups excluding carboxylic acids is 2. The summed E-state index contributed by atoms with van der Waals surface area (Å²) in [7, 11) is 0. The molecule has 5 heteroatoms. The molecule has 1 heterocycles. The van der Waals surface area contributed by atoms with Gasteiger partial charge in [0.05, 0.1) is 5.92 Å². The third-order valence-electron chi connectivity index (χ3n) is 5.37. The number of hydrogen-bond donors (Lipinski definition) is 1. The second-order valence-electron chi connectivity index (χ2n) is 7.29. The normalized spacial score (nSPS) is 22.3. The van der Waals surface area contributed by atoms with Crippen molar-refractivity contribution in [3.63, 3.8) is 0 Å². The first-order valence-electron chi connectivity index (χ1n) is 9.49. The van der Waals surface area contributed by atoms with Crippen molar-refractivity contribution < 1.29 is 9.59 Å². The van der Waals surface area contributed by atoms with Crippen molar-refractivity contribution in [3.8, 4) is 0 Å². The van der Waals surface area contributed by atoms with Crippen molar-refractivity contribution in [2.24, 2.45) is 5.92 Å². The van der Waals surface area contributed by atoms with Crippen molar-refractivity contribution in [2.45, 2.75) is 57.4 Å². The number of benzene rings is 1. The van der Waals surface area contributed by atoms with E-state index in [4.69, 9.17) is 11.6 Å². The third kappa shape index (κ3) is 4.97. The van der Waals surface area contributed by atoms with Crippen LogP contribution in [0.1, 0.15) is 61.7 Å². The summed E-state index contributed by atoms with van der Waals surface area (Å²) in [6, 6.07) is 7.28. The first-order chi connectivity index (χ1) is 12.1. The third-order valence-corrected chi connectivity index (χ3v) is 5.62. The summed E-state index contributed by atoms with van der Waals surface area (Å²) in [5.74, 6) is 0.0254. The Morgan fingerprint density at radius 1 is 0.960 bits per heavy atom. The van der Waals surface area contributed by atoms with E-state index < -0.39 is 0 Å². The van der Waals surface area contributed by atoms with Crippen LogP contribution in [0.3, 0.4) is 0 Å². The topological polar surface area (TPSA) is 49.4 Å². The standard InChI is InChI=1S/C20H27ClN2O2/c21-17-11-9-15(10-12-17)20(25)23-13-5-6-16(14-23)19(24)22-18-7-3-1-2-4-8-18/h9-12,16,18H,1-8,13-14H2,(H,22,24). The van der Waals surface area contributed by atoms with Crippen LogP contribution in [-0.2, 0) is 4.79 Å². The fraction of sp³-hybridized carbons (Fsp3) is 0.600. The minimum Gasteiger partial charge on any atom is -0.353 e. The lowest BCUT2D eigenvalue weighted by atomic mass is 9.95. The first kappa shape index (κ1) is 18.2. The molecular weight excluding hydrogens is 336 g/mol. The highest BCUT2D eigenvalue weighted by atomic mass is 35.5. The van der Waals surface area contributed by atoms with Crippen molar-refractivity contribution in [1.29, 1.82) is 0 Å². The molecule has 1 unspecified atom stereocenters. The van der Waals surface area contributed by atoms with Crippen LogP contribution in [0.4, 0.5) is 0 Å². The maximum Gasteiger partial charge on any atom is 0.253 e. The van der Waals surface area contributed by atoms with E-state index in [1.165, 1.54) is 25.7 Å². The van der Waals surface area contributed by atoms with Gasteiger partial charge in [0, 0.05) is 29.7 Å². The smallest absolute Gasteiger partial charge is 0.253 e. The first-order valence-corrected chi connectivity index (χ1v) is 9.86. The van der Waals surface area contributed by atoms with E-state index in [2.05, 4.69) is 5.32 Å². The Bertz CT molecular complexity index is 594. The van der Waals surface area contributed by atoms with Crippen LogP contribution in [0.5, 0.6) is 0 Å². The van der Waals surface area contributed by atoms with Gasteiger partial charge in [-0.05, 0) is 49.9 Å². The van der Waals surface area contributed by atoms with E-state index in [9.17, 15) is 9.59 Å². The molecule has 4 nitrogen and oxygen atoms in total. The average molecular weight is 363 g/mol. The van der Waals surface area contributed by atoms with Crippen LogP contribution < -0.4 is 5.32 Å². The van der Waals surface area contributed by atoms with Gasteiger partial charge in [0.25, 0.3) is 5.91 Å². The lowest BCUT2D eigenvalue weighted by Crippen LogP contribution is -2.47. The molecule has 1 atom stereocenters. The molecule has 0 bridgehead atoms. The molecule has 1 aromatic carbocycles. The van der Waals surface area contributed by atoms with Gasteiger partial charge in [0.1, 0.15) is 0 Å². The number of nitrogens with zero attached hydrogens (tertiary/aromatic N) is 1. The highest BCUT2D eigenvalue weighted by Crippen LogP contribution is 2.22. The summed E-state index contributed by atoms with van der Waals surface area (Å²) in [6.45, 7) is 1.23. The zero-order valence-electron chi connectivity index (χ0n) is 14.7. The van der Waals surface area contributed by atoms with Crippen LogP contribution in [0.2, 0.25) is 5.02 Å². The van der Waals surface area contributed by atoms with Gasteiger partial charge in [-0.1, -0.05) is 37.3 Å². The maximum absolute atomic E-state index is 12.7. The van der Waals surface area contributed by atoms with Gasteiger partial charge in [-0.25, -0.2) is 0 Å². The molecule has 2 aliphatic rings. The van der Waals surface area contributed by atoms with Crippen LogP contribution in [0.15, 0.2) is 24.3 Å². The Morgan fingerprint density at radius 2 is 1.64 bits per heavy atom. The number of carbonyl (C=O) groups is 2. The highest BCUT2D eigenvalue weighted by molar-refractivity contribution is 6.30. The Morgan fingerprint density at radius 3 is 2.32 bits per heavy atom. The molecule has 2 fully saturated rings. The Labute approximate surface area is 154 Å². The van der Waals surface area contributed by atoms with Crippen molar-refractivity contribution in [2.75, 3.05) is 13.1 Å². The van der Waals surface area contributed by atoms with Crippen LogP contribution >= 0.6 is 11.6 Å². The summed E-state index contributed by atoms with van der Waals surface area (Å²) < 4.78 is 0. The summed E-state index contributed by atoms with van der Waals surface area (Å²) in [5, 5.41) is 3.86. The van der Waals surface area contributed by atoms with Crippen molar-refractivity contribution in [1.82, 2.24) is 10.2 Å². The molecule has 2 amide bonds. The van der Waals surface area contributed by atoms with Gasteiger partial charge in [-0.3, -0.25) is 9.59 Å². The van der Waals surface area contributed by atoms with Crippen molar-refractivity contribution >= 4 is 23.4 Å². The van der Waals surface area contributed by atoms with E-state index in [-0.39, 0.29) is 17.7 Å². The Balaban J connectivity index is 1.57. The molecule has 1 aliphatic carbocycles. The molecule has 1 saturated heterocycles. The van der Waals surface area contributed by atoms with Gasteiger partial charge in [0.15, 0.2) is 0 Å². The monoisotopic (exact) mass is 362 g/mol. The minimum absolute atomic E-state index is 0.0105. The van der Waals surface area contributed by atoms with Gasteiger partial charge in [-0.15, -0.1) is 0 Å². The molecule has 1 aliphatic heterocycles. The number of amides is 2. The summed E-state index contributed by atoms with van der Waals surface area (Å²) in [5.41, 5.74) is 0.634. The number of likely N-dealkylation sites (tertiary alicyclic amines) is 1. The predicted octanol–water partition coefficient (Wildman–Crippen LogP) is 4.03. The van der Waals surface area contributed by atoms with E-state index >= 15 is 0 Å². The molecule has 0 radical (unpaired) electrons. The Hall–Kier alpha value is -1.55. The molecule has 1 saturated carbocycles. The second kappa shape index (κ2) is 8.70. The molecule has 3 rings (SSSR count). The van der Waals surface area contributed by atoms with E-state index in [1.807, 2.05) is 4.90 Å². The maximum atomic E-state index is 12.7. The number of hydrogen-bond acceptors (Lipinski definition) is 2. The zero-order chi connectivity index (χ0) is 17.6. The van der Waals surface area contributed by atoms with E-state index in [0.717, 1.165) is 25.7 Å². The quantitative estimate of drug-likeness (QED) is 0.825. The van der Waals surface area contributed by atoms with Gasteiger partial charge in [0.2, 0.25) is 5.91 Å². The molecule has 1 N–H and O–H groups in total. The molecule has 0 spiro atoms. The zero-order valence-corrected chi connectivity index (χ0v) is 15.4. The Kier molecular flexibility index (Phi) is 6.35. The number of nitrogens with one attached hydrogen (secondary N) is 1. The van der Waals surface area contributed by atoms with Crippen molar-refractivity contribution in [3.05, 3.63) is 34.9 Å². The molecule has 25 heavy (non-hydrogen) atoms. The van der Waals surface area contributed by atoms with Crippen LogP contribution in [-0.4, -0.2) is 35.8 Å². The largest absolute Gasteiger partial charge is 0.353 e. The molecule has 0 aromatic heterocycles. The SMILES string of the molecule is O=C(NC1CCCCCC1)C1CCCN(C(=O)c2ccc(Cl)cc2)C1. The van der Waals surface area contributed by atoms with Gasteiger partial charge in [-0.2, -0.15) is 0 Å². The summed E-state index contributed by atoms with van der Waals surface area (Å²) >= 11 is 5.89. The molecule has 1 aromatic rings. The second-order valence-corrected chi connectivity index (χ2v) is 7.73. The average Bonchev–Trinajstić information content (AvgIpc) is 2.90. The predicted molar refractivity (Wildman–Crippen MR) is 99.7 cm³/mol. The van der Waals surface area contributed by atoms with Gasteiger partial charge >= 0.3 is 0 Å². The van der Waals surface area contributed by atoms with E-state index in [0.29, 0.717) is 29.7 Å². The molecule has 136 valence electrons. The van der Waals surface area contributed by atoms with Crippen LogP contribution in [0.25, 0.3) is 0 Å². The van der Waals surface area contributed by atoms with E-state index in [1.54, 1.807) is 24.3 Å². The van der Waals surface area contributed by atoms with Gasteiger partial charge < -0.3 is 10.2 Å². The summed E-state index contributed by atoms with van der Waals surface area (Å²) in [4.78, 5) is 27.1. The highest BCUT2D eigenvalue weighted by Gasteiger charge is 2.30. The minimum atomic E-state index is -0.0896.